The van der Waals surface area contributed by atoms with Crippen LogP contribution in [0.5, 0.6) is 5.75 Å². The standard InChI is InChI=1S/C21H23ClN4O3S/c1-25(2)15-9-6-12(10-16(15)26(3)4)20(27)23-24-21(28)19-18(22)14-8-7-13(29-5)11-17(14)30-19/h6-11H,1-5H3,(H,23,27)(H,24,28). The molecule has 1 heterocycles. The van der Waals surface area contributed by atoms with Gasteiger partial charge in [-0.15, -0.1) is 11.3 Å². The first-order valence-corrected chi connectivity index (χ1v) is 10.3. The highest BCUT2D eigenvalue weighted by atomic mass is 35.5. The lowest BCUT2D eigenvalue weighted by Crippen LogP contribution is -2.41. The summed E-state index contributed by atoms with van der Waals surface area (Å²) in [5.41, 5.74) is 7.20. The van der Waals surface area contributed by atoms with Crippen LogP contribution in [0, 0.1) is 0 Å². The lowest BCUT2D eigenvalue weighted by molar-refractivity contribution is 0.0849. The molecule has 2 aromatic carbocycles. The van der Waals surface area contributed by atoms with Crippen LogP contribution in [0.25, 0.3) is 10.1 Å². The fraction of sp³-hybridized carbons (Fsp3) is 0.238. The number of nitrogens with one attached hydrogen (secondary N) is 2. The number of ether oxygens (including phenoxy) is 1. The van der Waals surface area contributed by atoms with E-state index in [9.17, 15) is 9.59 Å². The number of carbonyl (C=O) groups is 2. The van der Waals surface area contributed by atoms with Crippen LogP contribution in [0.2, 0.25) is 5.02 Å². The number of nitrogens with zero attached hydrogens (tertiary/aromatic N) is 2. The monoisotopic (exact) mass is 446 g/mol. The molecule has 2 N–H and O–H groups in total. The van der Waals surface area contributed by atoms with Gasteiger partial charge < -0.3 is 14.5 Å². The second-order valence-corrected chi connectivity index (χ2v) is 8.44. The van der Waals surface area contributed by atoms with E-state index in [1.807, 2.05) is 50.1 Å². The molecule has 0 bridgehead atoms. The summed E-state index contributed by atoms with van der Waals surface area (Å²) in [5.74, 6) is -0.222. The SMILES string of the molecule is COc1ccc2c(Cl)c(C(=O)NNC(=O)c3ccc(N(C)C)c(N(C)C)c3)sc2c1. The van der Waals surface area contributed by atoms with Gasteiger partial charge in [-0.25, -0.2) is 0 Å². The Kier molecular flexibility index (Phi) is 6.38. The van der Waals surface area contributed by atoms with Gasteiger partial charge in [0.25, 0.3) is 11.8 Å². The maximum absolute atomic E-state index is 12.6. The van der Waals surface area contributed by atoms with Gasteiger partial charge >= 0.3 is 0 Å². The molecule has 0 fully saturated rings. The van der Waals surface area contributed by atoms with Crippen molar-refractivity contribution in [2.45, 2.75) is 0 Å². The van der Waals surface area contributed by atoms with Crippen molar-refractivity contribution < 1.29 is 14.3 Å². The number of amides is 2. The Morgan fingerprint density at radius 1 is 0.933 bits per heavy atom. The van der Waals surface area contributed by atoms with E-state index in [-0.39, 0.29) is 0 Å². The molecule has 7 nitrogen and oxygen atoms in total. The number of fused-ring (bicyclic) bond motifs is 1. The summed E-state index contributed by atoms with van der Waals surface area (Å²) in [7, 11) is 9.26. The minimum Gasteiger partial charge on any atom is -0.497 e. The molecular weight excluding hydrogens is 424 g/mol. The van der Waals surface area contributed by atoms with Crippen molar-refractivity contribution in [1.82, 2.24) is 10.9 Å². The Hall–Kier alpha value is -2.97. The van der Waals surface area contributed by atoms with Crippen LogP contribution in [0.1, 0.15) is 20.0 Å². The van der Waals surface area contributed by atoms with E-state index >= 15 is 0 Å². The molecule has 0 aliphatic heterocycles. The number of methoxy groups -OCH3 is 1. The molecular formula is C21H23ClN4O3S. The summed E-state index contributed by atoms with van der Waals surface area (Å²) in [6.45, 7) is 0. The summed E-state index contributed by atoms with van der Waals surface area (Å²) in [5, 5.41) is 1.10. The van der Waals surface area contributed by atoms with Crippen molar-refractivity contribution in [3.63, 3.8) is 0 Å². The van der Waals surface area contributed by atoms with Gasteiger partial charge in [0.1, 0.15) is 10.6 Å². The molecule has 0 aliphatic rings. The molecule has 0 radical (unpaired) electrons. The topological polar surface area (TPSA) is 73.9 Å². The first kappa shape index (κ1) is 21.7. The van der Waals surface area contributed by atoms with E-state index in [4.69, 9.17) is 16.3 Å². The quantitative estimate of drug-likeness (QED) is 0.583. The van der Waals surface area contributed by atoms with Gasteiger partial charge in [-0.1, -0.05) is 11.6 Å². The predicted molar refractivity (Wildman–Crippen MR) is 123 cm³/mol. The zero-order valence-corrected chi connectivity index (χ0v) is 18.9. The Labute approximate surface area is 184 Å². The lowest BCUT2D eigenvalue weighted by atomic mass is 10.1. The third-order valence-corrected chi connectivity index (χ3v) is 6.19. The molecule has 3 rings (SSSR count). The molecule has 0 unspecified atom stereocenters. The maximum Gasteiger partial charge on any atom is 0.281 e. The average Bonchev–Trinajstić information content (AvgIpc) is 3.06. The van der Waals surface area contributed by atoms with Crippen LogP contribution in [0.15, 0.2) is 36.4 Å². The van der Waals surface area contributed by atoms with Crippen LogP contribution in [-0.4, -0.2) is 47.1 Å². The maximum atomic E-state index is 12.6. The van der Waals surface area contributed by atoms with E-state index in [2.05, 4.69) is 10.9 Å². The summed E-state index contributed by atoms with van der Waals surface area (Å²) in [6, 6.07) is 10.7. The lowest BCUT2D eigenvalue weighted by Gasteiger charge is -2.23. The molecule has 0 atom stereocenters. The van der Waals surface area contributed by atoms with Crippen molar-refractivity contribution in [2.75, 3.05) is 45.1 Å². The van der Waals surface area contributed by atoms with Gasteiger partial charge in [0.05, 0.1) is 23.5 Å². The van der Waals surface area contributed by atoms with Gasteiger partial charge in [0.2, 0.25) is 0 Å². The Balaban J connectivity index is 1.76. The summed E-state index contributed by atoms with van der Waals surface area (Å²) in [4.78, 5) is 29.4. The molecule has 158 valence electrons. The van der Waals surface area contributed by atoms with Gasteiger partial charge in [-0.05, 0) is 36.4 Å². The molecule has 30 heavy (non-hydrogen) atoms. The number of carbonyl (C=O) groups excluding carboxylic acids is 2. The zero-order chi connectivity index (χ0) is 22.0. The summed E-state index contributed by atoms with van der Waals surface area (Å²) in [6.07, 6.45) is 0. The van der Waals surface area contributed by atoms with Gasteiger partial charge in [0.15, 0.2) is 0 Å². The first-order chi connectivity index (χ1) is 14.2. The number of thiophene rings is 1. The normalized spacial score (nSPS) is 10.6. The fourth-order valence-electron chi connectivity index (χ4n) is 2.96. The average molecular weight is 447 g/mol. The Morgan fingerprint density at radius 3 is 2.23 bits per heavy atom. The Bertz CT molecular complexity index is 1110. The molecule has 3 aromatic rings. The van der Waals surface area contributed by atoms with Crippen molar-refractivity contribution in [3.8, 4) is 5.75 Å². The van der Waals surface area contributed by atoms with E-state index in [1.54, 1.807) is 31.4 Å². The molecule has 0 aliphatic carbocycles. The third-order valence-electron chi connectivity index (χ3n) is 4.53. The van der Waals surface area contributed by atoms with E-state index < -0.39 is 11.8 Å². The van der Waals surface area contributed by atoms with Crippen LogP contribution in [0.4, 0.5) is 11.4 Å². The van der Waals surface area contributed by atoms with Crippen molar-refractivity contribution in [2.24, 2.45) is 0 Å². The van der Waals surface area contributed by atoms with Gasteiger partial charge in [-0.2, -0.15) is 0 Å². The van der Waals surface area contributed by atoms with Crippen LogP contribution >= 0.6 is 22.9 Å². The van der Waals surface area contributed by atoms with E-state index in [0.29, 0.717) is 21.2 Å². The zero-order valence-electron chi connectivity index (χ0n) is 17.4. The van der Waals surface area contributed by atoms with E-state index in [1.165, 1.54) is 11.3 Å². The number of hydrogen-bond donors (Lipinski definition) is 2. The van der Waals surface area contributed by atoms with Crippen molar-refractivity contribution >= 4 is 56.2 Å². The smallest absolute Gasteiger partial charge is 0.281 e. The minimum atomic E-state index is -0.480. The number of anilines is 2. The molecule has 0 saturated carbocycles. The molecule has 0 spiro atoms. The van der Waals surface area contributed by atoms with E-state index in [0.717, 1.165) is 21.5 Å². The summed E-state index contributed by atoms with van der Waals surface area (Å²) < 4.78 is 6.03. The van der Waals surface area contributed by atoms with Gasteiger partial charge in [0, 0.05) is 43.8 Å². The highest BCUT2D eigenvalue weighted by molar-refractivity contribution is 7.21. The number of hydrazine groups is 1. The minimum absolute atomic E-state index is 0.317. The number of rotatable bonds is 5. The summed E-state index contributed by atoms with van der Waals surface area (Å²) >= 11 is 7.60. The van der Waals surface area contributed by atoms with Crippen molar-refractivity contribution in [1.29, 1.82) is 0 Å². The Morgan fingerprint density at radius 2 is 1.60 bits per heavy atom. The van der Waals surface area contributed by atoms with Crippen molar-refractivity contribution in [3.05, 3.63) is 51.9 Å². The third kappa shape index (κ3) is 4.29. The molecule has 9 heteroatoms. The number of benzene rings is 2. The molecule has 0 saturated heterocycles. The number of halogens is 1. The largest absolute Gasteiger partial charge is 0.497 e. The molecule has 2 amide bonds. The highest BCUT2D eigenvalue weighted by Crippen LogP contribution is 2.37. The van der Waals surface area contributed by atoms with Crippen LogP contribution in [-0.2, 0) is 0 Å². The predicted octanol–water partition coefficient (Wildman–Crippen LogP) is 3.77. The second kappa shape index (κ2) is 8.81. The fourth-order valence-corrected chi connectivity index (χ4v) is 4.40. The molecule has 1 aromatic heterocycles. The van der Waals surface area contributed by atoms with Gasteiger partial charge in [-0.3, -0.25) is 20.4 Å². The number of hydrogen-bond acceptors (Lipinski definition) is 6. The highest BCUT2D eigenvalue weighted by Gasteiger charge is 2.19. The first-order valence-electron chi connectivity index (χ1n) is 9.08. The second-order valence-electron chi connectivity index (χ2n) is 7.01. The van der Waals surface area contributed by atoms with Crippen LogP contribution in [0.3, 0.4) is 0 Å². The van der Waals surface area contributed by atoms with Crippen LogP contribution < -0.4 is 25.4 Å².